The van der Waals surface area contributed by atoms with Crippen LogP contribution in [0.2, 0.25) is 0 Å². The minimum Gasteiger partial charge on any atom is -0.331 e. The number of hydrogen-bond donors (Lipinski definition) is 2. The number of nitrogens with two attached hydrogens (primary N) is 1. The van der Waals surface area contributed by atoms with Crippen LogP contribution < -0.4 is 11.1 Å². The van der Waals surface area contributed by atoms with Gasteiger partial charge in [-0.2, -0.15) is 13.2 Å². The number of nitrogens with zero attached hydrogens (tertiary/aromatic N) is 3. The molecule has 1 aliphatic rings. The molecule has 0 radical (unpaired) electrons. The molecule has 2 amide bonds. The van der Waals surface area contributed by atoms with Crippen molar-refractivity contribution in [2.45, 2.75) is 51.9 Å². The zero-order valence-electron chi connectivity index (χ0n) is 17.7. The summed E-state index contributed by atoms with van der Waals surface area (Å²) in [6, 6.07) is 4.07. The summed E-state index contributed by atoms with van der Waals surface area (Å²) in [6.45, 7) is 5.38. The highest BCUT2D eigenvalue weighted by molar-refractivity contribution is 5.75. The summed E-state index contributed by atoms with van der Waals surface area (Å²) in [5.74, 6) is 1.20. The second kappa shape index (κ2) is 9.64. The lowest BCUT2D eigenvalue weighted by atomic mass is 10.0. The first-order valence-corrected chi connectivity index (χ1v) is 10.4. The molecule has 1 aromatic heterocycles. The van der Waals surface area contributed by atoms with E-state index in [0.29, 0.717) is 44.0 Å². The molecule has 3 N–H and O–H groups in total. The van der Waals surface area contributed by atoms with Crippen LogP contribution in [0.4, 0.5) is 18.0 Å². The number of rotatable bonds is 6. The molecule has 1 unspecified atom stereocenters. The van der Waals surface area contributed by atoms with E-state index in [0.717, 1.165) is 35.6 Å². The fourth-order valence-corrected chi connectivity index (χ4v) is 3.61. The summed E-state index contributed by atoms with van der Waals surface area (Å²) in [4.78, 5) is 23.6. The number of hydrogen-bond acceptors (Lipinski definition) is 4. The molecule has 2 heterocycles. The molecule has 0 saturated heterocycles. The van der Waals surface area contributed by atoms with Crippen molar-refractivity contribution in [3.8, 4) is 0 Å². The van der Waals surface area contributed by atoms with E-state index in [4.69, 9.17) is 5.73 Å². The van der Waals surface area contributed by atoms with Gasteiger partial charge in [0.25, 0.3) is 0 Å². The van der Waals surface area contributed by atoms with Crippen LogP contribution in [-0.4, -0.2) is 34.0 Å². The van der Waals surface area contributed by atoms with Crippen LogP contribution >= 0.6 is 0 Å². The van der Waals surface area contributed by atoms with Gasteiger partial charge in [-0.3, -0.25) is 0 Å². The average Bonchev–Trinajstić information content (AvgIpc) is 2.72. The van der Waals surface area contributed by atoms with E-state index in [1.807, 2.05) is 6.20 Å². The number of amides is 2. The van der Waals surface area contributed by atoms with E-state index in [1.165, 1.54) is 12.1 Å². The lowest BCUT2D eigenvalue weighted by Gasteiger charge is -2.30. The molecule has 31 heavy (non-hydrogen) atoms. The number of benzene rings is 1. The number of alkyl halides is 3. The van der Waals surface area contributed by atoms with Gasteiger partial charge in [-0.25, -0.2) is 14.8 Å². The van der Waals surface area contributed by atoms with Crippen molar-refractivity contribution in [2.75, 3.05) is 13.1 Å². The fourth-order valence-electron chi connectivity index (χ4n) is 3.61. The molecule has 6 nitrogen and oxygen atoms in total. The van der Waals surface area contributed by atoms with Gasteiger partial charge in [-0.1, -0.05) is 26.0 Å². The van der Waals surface area contributed by atoms with E-state index in [-0.39, 0.29) is 6.03 Å². The van der Waals surface area contributed by atoms with Crippen LogP contribution in [0, 0.1) is 5.92 Å². The number of carbonyl (C=O) groups excluding carboxylic acids is 1. The molecule has 0 spiro atoms. The predicted molar refractivity (Wildman–Crippen MR) is 111 cm³/mol. The third-order valence-corrected chi connectivity index (χ3v) is 5.27. The quantitative estimate of drug-likeness (QED) is 0.722. The number of halogens is 3. The minimum atomic E-state index is -4.40. The van der Waals surface area contributed by atoms with E-state index in [2.05, 4.69) is 29.1 Å². The lowest BCUT2D eigenvalue weighted by Crippen LogP contribution is -2.44. The van der Waals surface area contributed by atoms with Crippen molar-refractivity contribution < 1.29 is 18.0 Å². The SMILES string of the molecule is CC(C)Cc1ncc2c(n1)CN(C(=O)NC(CCN)c1ccc(C(F)(F)F)cc1)CC2. The molecule has 0 saturated carbocycles. The Bertz CT molecular complexity index is 899. The molecule has 1 atom stereocenters. The Morgan fingerprint density at radius 2 is 1.97 bits per heavy atom. The van der Waals surface area contributed by atoms with Gasteiger partial charge in [0, 0.05) is 19.2 Å². The first kappa shape index (κ1) is 23.0. The molecule has 1 aromatic carbocycles. The lowest BCUT2D eigenvalue weighted by molar-refractivity contribution is -0.137. The first-order chi connectivity index (χ1) is 14.7. The third-order valence-electron chi connectivity index (χ3n) is 5.27. The molecule has 168 valence electrons. The Hall–Kier alpha value is -2.68. The van der Waals surface area contributed by atoms with E-state index in [1.54, 1.807) is 4.90 Å². The van der Waals surface area contributed by atoms with Crippen LogP contribution in [0.25, 0.3) is 0 Å². The predicted octanol–water partition coefficient (Wildman–Crippen LogP) is 3.85. The van der Waals surface area contributed by atoms with Crippen molar-refractivity contribution >= 4 is 6.03 Å². The zero-order chi connectivity index (χ0) is 22.6. The van der Waals surface area contributed by atoms with Crippen molar-refractivity contribution in [3.63, 3.8) is 0 Å². The molecule has 9 heteroatoms. The normalized spacial score (nSPS) is 15.0. The Balaban J connectivity index is 1.70. The molecule has 2 aromatic rings. The van der Waals surface area contributed by atoms with Crippen LogP contribution in [0.3, 0.4) is 0 Å². The highest BCUT2D eigenvalue weighted by atomic mass is 19.4. The van der Waals surface area contributed by atoms with Gasteiger partial charge in [0.1, 0.15) is 5.82 Å². The van der Waals surface area contributed by atoms with Crippen molar-refractivity contribution in [3.05, 3.63) is 58.7 Å². The molecule has 1 aliphatic heterocycles. The largest absolute Gasteiger partial charge is 0.416 e. The maximum atomic E-state index is 12.9. The summed E-state index contributed by atoms with van der Waals surface area (Å²) in [5.41, 5.74) is 7.43. The van der Waals surface area contributed by atoms with E-state index >= 15 is 0 Å². The standard InChI is InChI=1S/C22H28F3N5O/c1-14(2)11-20-27-12-16-8-10-30(13-19(16)28-20)21(31)29-18(7-9-26)15-3-5-17(6-4-15)22(23,24)25/h3-6,12,14,18H,7-11,13,26H2,1-2H3,(H,29,31). The number of fused-ring (bicyclic) bond motifs is 1. The molecular weight excluding hydrogens is 407 g/mol. The summed E-state index contributed by atoms with van der Waals surface area (Å²) in [7, 11) is 0. The average molecular weight is 435 g/mol. The van der Waals surface area contributed by atoms with Gasteiger partial charge in [-0.15, -0.1) is 0 Å². The smallest absolute Gasteiger partial charge is 0.331 e. The maximum Gasteiger partial charge on any atom is 0.416 e. The van der Waals surface area contributed by atoms with Gasteiger partial charge in [0.2, 0.25) is 0 Å². The maximum absolute atomic E-state index is 12.9. The zero-order valence-corrected chi connectivity index (χ0v) is 17.7. The van der Waals surface area contributed by atoms with Crippen LogP contribution in [0.5, 0.6) is 0 Å². The van der Waals surface area contributed by atoms with Gasteiger partial charge in [0.15, 0.2) is 0 Å². The summed E-state index contributed by atoms with van der Waals surface area (Å²) in [6.07, 6.45) is -0.710. The third kappa shape index (κ3) is 5.94. The number of aromatic nitrogens is 2. The number of urea groups is 1. The van der Waals surface area contributed by atoms with Crippen molar-refractivity contribution in [1.29, 1.82) is 0 Å². The van der Waals surface area contributed by atoms with Crippen LogP contribution in [-0.2, 0) is 25.6 Å². The fraction of sp³-hybridized carbons (Fsp3) is 0.500. The Kier molecular flexibility index (Phi) is 7.15. The highest BCUT2D eigenvalue weighted by Crippen LogP contribution is 2.30. The Labute approximate surface area is 180 Å². The van der Waals surface area contributed by atoms with Crippen LogP contribution in [0.15, 0.2) is 30.5 Å². The van der Waals surface area contributed by atoms with Crippen LogP contribution in [0.1, 0.15) is 54.5 Å². The number of carbonyl (C=O) groups is 1. The summed E-state index contributed by atoms with van der Waals surface area (Å²) < 4.78 is 38.5. The van der Waals surface area contributed by atoms with E-state index in [9.17, 15) is 18.0 Å². The molecule has 0 fully saturated rings. The van der Waals surface area contributed by atoms with E-state index < -0.39 is 17.8 Å². The van der Waals surface area contributed by atoms with Crippen molar-refractivity contribution in [1.82, 2.24) is 20.2 Å². The Morgan fingerprint density at radius 3 is 2.58 bits per heavy atom. The molecule has 0 bridgehead atoms. The summed E-state index contributed by atoms with van der Waals surface area (Å²) >= 11 is 0. The van der Waals surface area contributed by atoms with Gasteiger partial charge in [0.05, 0.1) is 23.8 Å². The van der Waals surface area contributed by atoms with Gasteiger partial charge >= 0.3 is 12.2 Å². The van der Waals surface area contributed by atoms with Gasteiger partial charge in [-0.05, 0) is 48.6 Å². The molecular formula is C22H28F3N5O. The Morgan fingerprint density at radius 1 is 1.26 bits per heavy atom. The summed E-state index contributed by atoms with van der Waals surface area (Å²) in [5, 5.41) is 2.92. The second-order valence-corrected chi connectivity index (χ2v) is 8.23. The van der Waals surface area contributed by atoms with Crippen molar-refractivity contribution in [2.24, 2.45) is 11.7 Å². The first-order valence-electron chi connectivity index (χ1n) is 10.4. The topological polar surface area (TPSA) is 84.1 Å². The number of nitrogens with one attached hydrogen (secondary N) is 1. The second-order valence-electron chi connectivity index (χ2n) is 8.23. The monoisotopic (exact) mass is 435 g/mol. The van der Waals surface area contributed by atoms with Gasteiger partial charge < -0.3 is 16.0 Å². The highest BCUT2D eigenvalue weighted by Gasteiger charge is 2.30. The molecule has 0 aliphatic carbocycles. The molecule has 3 rings (SSSR count). The minimum absolute atomic E-state index is 0.284.